The molecule has 2 aromatic rings. The fourth-order valence-electron chi connectivity index (χ4n) is 4.12. The topological polar surface area (TPSA) is 66.8 Å². The molecule has 2 N–H and O–H groups in total. The van der Waals surface area contributed by atoms with Gasteiger partial charge in [0.2, 0.25) is 0 Å². The number of rotatable bonds is 8. The third-order valence-electron chi connectivity index (χ3n) is 5.47. The van der Waals surface area contributed by atoms with E-state index in [4.69, 9.17) is 28.3 Å². The lowest BCUT2D eigenvalue weighted by atomic mass is 9.89. The number of aryl methyl sites for hydroxylation is 1. The Morgan fingerprint density at radius 3 is 2.71 bits per heavy atom. The number of carboxylic acid groups (broad SMARTS) is 1. The molecular formula is C24H26Cl2O4S. The van der Waals surface area contributed by atoms with Gasteiger partial charge >= 0.3 is 6.16 Å². The van der Waals surface area contributed by atoms with Crippen molar-refractivity contribution in [1.82, 2.24) is 0 Å². The lowest BCUT2D eigenvalue weighted by Gasteiger charge is -2.20. The molecule has 0 unspecified atom stereocenters. The molecule has 1 aromatic carbocycles. The van der Waals surface area contributed by atoms with Crippen molar-refractivity contribution in [2.75, 3.05) is 0 Å². The number of benzene rings is 1. The van der Waals surface area contributed by atoms with Crippen molar-refractivity contribution >= 4 is 52.8 Å². The van der Waals surface area contributed by atoms with Crippen molar-refractivity contribution in [1.29, 1.82) is 0 Å². The summed E-state index contributed by atoms with van der Waals surface area (Å²) in [6, 6.07) is 9.45. The SMILES string of the molecule is C/C=C/c1cc(Cl)cc(/C=C/[C@@H]2[C@@H](CCCc3ccc(OC(=O)O)s3)[C@H](Cl)C[C@H]2O)c1. The number of halogens is 2. The number of hydrogen-bond donors (Lipinski definition) is 2. The molecule has 0 radical (unpaired) electrons. The Morgan fingerprint density at radius 2 is 2.00 bits per heavy atom. The first-order chi connectivity index (χ1) is 14.9. The lowest BCUT2D eigenvalue weighted by molar-refractivity contribution is 0.140. The van der Waals surface area contributed by atoms with Crippen LogP contribution in [0.3, 0.4) is 0 Å². The van der Waals surface area contributed by atoms with Crippen LogP contribution in [0.25, 0.3) is 12.2 Å². The van der Waals surface area contributed by atoms with Gasteiger partial charge in [-0.1, -0.05) is 35.9 Å². The van der Waals surface area contributed by atoms with Crippen molar-refractivity contribution in [3.63, 3.8) is 0 Å². The van der Waals surface area contributed by atoms with E-state index in [9.17, 15) is 9.90 Å². The molecule has 31 heavy (non-hydrogen) atoms. The first kappa shape index (κ1) is 23.9. The van der Waals surface area contributed by atoms with E-state index in [-0.39, 0.29) is 17.2 Å². The second-order valence-corrected chi connectivity index (χ2v) is 9.85. The normalized spacial score (nSPS) is 23.7. The van der Waals surface area contributed by atoms with E-state index < -0.39 is 12.3 Å². The summed E-state index contributed by atoms with van der Waals surface area (Å²) in [5.41, 5.74) is 2.03. The van der Waals surface area contributed by atoms with Crippen LogP contribution in [0.2, 0.25) is 5.02 Å². The highest BCUT2D eigenvalue weighted by Crippen LogP contribution is 2.40. The highest BCUT2D eigenvalue weighted by molar-refractivity contribution is 7.13. The fraction of sp³-hybridized carbons (Fsp3) is 0.375. The molecule has 0 spiro atoms. The molecule has 3 rings (SSSR count). The molecule has 1 saturated carbocycles. The minimum absolute atomic E-state index is 0.0131. The second-order valence-electron chi connectivity index (χ2n) is 7.72. The molecule has 1 aromatic heterocycles. The van der Waals surface area contributed by atoms with Crippen LogP contribution in [0.1, 0.15) is 42.2 Å². The van der Waals surface area contributed by atoms with Gasteiger partial charge in [0.1, 0.15) is 0 Å². The van der Waals surface area contributed by atoms with Crippen LogP contribution in [-0.2, 0) is 6.42 Å². The summed E-state index contributed by atoms with van der Waals surface area (Å²) in [5, 5.41) is 20.2. The van der Waals surface area contributed by atoms with Crippen LogP contribution >= 0.6 is 34.5 Å². The van der Waals surface area contributed by atoms with Crippen LogP contribution in [0.5, 0.6) is 5.06 Å². The fourth-order valence-corrected chi connectivity index (χ4v) is 5.74. The molecule has 7 heteroatoms. The van der Waals surface area contributed by atoms with Crippen LogP contribution in [0, 0.1) is 11.8 Å². The van der Waals surface area contributed by atoms with Crippen molar-refractivity contribution in [3.05, 3.63) is 63.5 Å². The number of alkyl halides is 1. The summed E-state index contributed by atoms with van der Waals surface area (Å²) in [4.78, 5) is 11.7. The van der Waals surface area contributed by atoms with E-state index in [2.05, 4.69) is 16.9 Å². The molecule has 1 aliphatic rings. The van der Waals surface area contributed by atoms with Gasteiger partial charge in [0.25, 0.3) is 0 Å². The first-order valence-electron chi connectivity index (χ1n) is 10.3. The monoisotopic (exact) mass is 480 g/mol. The summed E-state index contributed by atoms with van der Waals surface area (Å²) in [7, 11) is 0. The van der Waals surface area contributed by atoms with E-state index >= 15 is 0 Å². The molecule has 1 fully saturated rings. The third-order valence-corrected chi connectivity index (χ3v) is 7.21. The first-order valence-corrected chi connectivity index (χ1v) is 11.9. The van der Waals surface area contributed by atoms with Crippen molar-refractivity contribution in [2.24, 2.45) is 11.8 Å². The van der Waals surface area contributed by atoms with Crippen molar-refractivity contribution in [3.8, 4) is 5.06 Å². The van der Waals surface area contributed by atoms with E-state index in [0.29, 0.717) is 16.5 Å². The Balaban J connectivity index is 1.62. The predicted molar refractivity (Wildman–Crippen MR) is 128 cm³/mol. The van der Waals surface area contributed by atoms with Crippen LogP contribution in [0.15, 0.2) is 42.5 Å². The van der Waals surface area contributed by atoms with Crippen LogP contribution in [0.4, 0.5) is 4.79 Å². The Labute approximate surface area is 196 Å². The van der Waals surface area contributed by atoms with Gasteiger partial charge in [-0.05, 0) is 80.0 Å². The summed E-state index contributed by atoms with van der Waals surface area (Å²) < 4.78 is 4.69. The van der Waals surface area contributed by atoms with Gasteiger partial charge < -0.3 is 14.9 Å². The maximum absolute atomic E-state index is 10.6. The van der Waals surface area contributed by atoms with Gasteiger partial charge in [-0.2, -0.15) is 0 Å². The van der Waals surface area contributed by atoms with Gasteiger partial charge in [0.05, 0.1) is 6.10 Å². The van der Waals surface area contributed by atoms with E-state index in [1.54, 1.807) is 6.07 Å². The van der Waals surface area contributed by atoms with Gasteiger partial charge in [0.15, 0.2) is 5.06 Å². The molecule has 166 valence electrons. The molecule has 4 atom stereocenters. The number of aliphatic hydroxyl groups is 1. The smallest absolute Gasteiger partial charge is 0.449 e. The zero-order valence-electron chi connectivity index (χ0n) is 17.2. The third kappa shape index (κ3) is 6.84. The van der Waals surface area contributed by atoms with Gasteiger partial charge in [-0.15, -0.1) is 22.9 Å². The molecular weight excluding hydrogens is 455 g/mol. The zero-order valence-corrected chi connectivity index (χ0v) is 19.5. The van der Waals surface area contributed by atoms with Crippen LogP contribution in [-0.4, -0.2) is 27.8 Å². The second kappa shape index (κ2) is 11.2. The van der Waals surface area contributed by atoms with E-state index in [1.165, 1.54) is 11.3 Å². The number of carbonyl (C=O) groups is 1. The van der Waals surface area contributed by atoms with E-state index in [1.807, 2.05) is 43.4 Å². The largest absolute Gasteiger partial charge is 0.512 e. The maximum atomic E-state index is 10.6. The Morgan fingerprint density at radius 1 is 1.26 bits per heavy atom. The number of thiophene rings is 1. The molecule has 0 saturated heterocycles. The maximum Gasteiger partial charge on any atom is 0.512 e. The Kier molecular flexibility index (Phi) is 8.61. The van der Waals surface area contributed by atoms with Gasteiger partial charge in [-0.25, -0.2) is 4.79 Å². The van der Waals surface area contributed by atoms with E-state index in [0.717, 1.165) is 35.3 Å². The van der Waals surface area contributed by atoms with Gasteiger partial charge in [0, 0.05) is 21.2 Å². The van der Waals surface area contributed by atoms with Crippen LogP contribution < -0.4 is 4.74 Å². The highest BCUT2D eigenvalue weighted by atomic mass is 35.5. The molecule has 0 amide bonds. The quantitative estimate of drug-likeness (QED) is 0.311. The summed E-state index contributed by atoms with van der Waals surface area (Å²) in [6.45, 7) is 1.96. The Hall–Kier alpha value is -1.79. The minimum Gasteiger partial charge on any atom is -0.449 e. The summed E-state index contributed by atoms with van der Waals surface area (Å²) >= 11 is 14.2. The Bertz CT molecular complexity index is 953. The molecule has 1 heterocycles. The molecule has 0 bridgehead atoms. The van der Waals surface area contributed by atoms with Crippen molar-refractivity contribution < 1.29 is 19.7 Å². The standard InChI is InChI=1S/C24H26Cl2O4S/c1-2-4-15-11-16(13-17(25)12-15)7-9-20-19(21(26)14-22(20)27)6-3-5-18-8-10-23(31-18)30-24(28)29/h2,4,7-13,19-22,27H,3,5-6,14H2,1H3,(H,28,29)/b4-2+,9-7+/t19-,20-,21-,22-/m1/s1. The minimum atomic E-state index is -1.30. The lowest BCUT2D eigenvalue weighted by Crippen LogP contribution is -2.18. The number of hydrogen-bond acceptors (Lipinski definition) is 4. The predicted octanol–water partition coefficient (Wildman–Crippen LogP) is 7.13. The summed E-state index contributed by atoms with van der Waals surface area (Å²) in [6.07, 6.45) is 9.47. The molecule has 4 nitrogen and oxygen atoms in total. The number of allylic oxidation sites excluding steroid dienone is 1. The number of ether oxygens (including phenoxy) is 1. The molecule has 1 aliphatic carbocycles. The van der Waals surface area contributed by atoms with Gasteiger partial charge in [-0.3, -0.25) is 0 Å². The van der Waals surface area contributed by atoms with Crippen molar-refractivity contribution in [2.45, 2.75) is 44.1 Å². The average molecular weight is 481 g/mol. The average Bonchev–Trinajstić information content (AvgIpc) is 3.23. The highest BCUT2D eigenvalue weighted by Gasteiger charge is 2.39. The summed E-state index contributed by atoms with van der Waals surface area (Å²) in [5.74, 6) is 0.165. The molecule has 0 aliphatic heterocycles. The number of aliphatic hydroxyl groups excluding tert-OH is 1. The zero-order chi connectivity index (χ0) is 22.4.